The second-order valence-corrected chi connectivity index (χ2v) is 10.7. The van der Waals surface area contributed by atoms with Crippen LogP contribution < -0.4 is 4.72 Å². The molecule has 1 N–H and O–H groups in total. The van der Waals surface area contributed by atoms with Gasteiger partial charge in [-0.25, -0.2) is 8.42 Å². The largest absolute Gasteiger partial charge is 0.459 e. The first-order valence-electron chi connectivity index (χ1n) is 10.7. The SMILES string of the molecule is CCC(C)C(NS(=O)(=O)c1cc(Cl)ccc1Cl)C(=O)N1CCN(C(=O)c2ccco2)C(C)C1. The minimum absolute atomic E-state index is 0.0147. The molecule has 0 aliphatic carbocycles. The molecule has 2 aromatic rings. The van der Waals surface area contributed by atoms with Gasteiger partial charge >= 0.3 is 0 Å². The standard InChI is InChI=1S/C22H27Cl2N3O5S/c1-4-14(2)20(25-33(30,31)19-12-16(23)7-8-17(19)24)22(29)26-9-10-27(15(3)13-26)21(28)18-6-5-11-32-18/h5-8,11-12,14-15,20,25H,4,9-10,13H2,1-3H3. The highest BCUT2D eigenvalue weighted by atomic mass is 35.5. The van der Waals surface area contributed by atoms with Gasteiger partial charge < -0.3 is 14.2 Å². The normalized spacial score (nSPS) is 18.8. The number of hydrogen-bond donors (Lipinski definition) is 1. The molecule has 3 rings (SSSR count). The number of carbonyl (C=O) groups is 2. The van der Waals surface area contributed by atoms with Crippen LogP contribution in [-0.2, 0) is 14.8 Å². The molecule has 0 saturated carbocycles. The molecule has 1 fully saturated rings. The molecule has 2 heterocycles. The van der Waals surface area contributed by atoms with Crippen molar-refractivity contribution in [3.8, 4) is 0 Å². The number of rotatable bonds is 7. The minimum Gasteiger partial charge on any atom is -0.459 e. The van der Waals surface area contributed by atoms with Crippen molar-refractivity contribution in [1.29, 1.82) is 0 Å². The van der Waals surface area contributed by atoms with E-state index >= 15 is 0 Å². The van der Waals surface area contributed by atoms with Crippen LogP contribution in [0.1, 0.15) is 37.7 Å². The number of nitrogens with zero attached hydrogens (tertiary/aromatic N) is 2. The highest BCUT2D eigenvalue weighted by molar-refractivity contribution is 7.89. The van der Waals surface area contributed by atoms with Crippen LogP contribution in [0.15, 0.2) is 45.9 Å². The molecule has 0 spiro atoms. The lowest BCUT2D eigenvalue weighted by Gasteiger charge is -2.41. The molecule has 1 aromatic heterocycles. The molecule has 3 unspecified atom stereocenters. The monoisotopic (exact) mass is 515 g/mol. The minimum atomic E-state index is -4.11. The fourth-order valence-corrected chi connectivity index (χ4v) is 5.82. The van der Waals surface area contributed by atoms with Gasteiger partial charge in [-0.15, -0.1) is 0 Å². The Balaban J connectivity index is 1.77. The second-order valence-electron chi connectivity index (χ2n) is 8.17. The number of benzene rings is 1. The topological polar surface area (TPSA) is 99.9 Å². The summed E-state index contributed by atoms with van der Waals surface area (Å²) < 4.78 is 33.9. The Morgan fingerprint density at radius 3 is 2.58 bits per heavy atom. The van der Waals surface area contributed by atoms with Crippen LogP contribution in [0, 0.1) is 5.92 Å². The predicted molar refractivity (Wildman–Crippen MR) is 126 cm³/mol. The maximum atomic E-state index is 13.4. The molecule has 1 aromatic carbocycles. The van der Waals surface area contributed by atoms with E-state index < -0.39 is 16.1 Å². The maximum Gasteiger partial charge on any atom is 0.289 e. The zero-order valence-corrected chi connectivity index (χ0v) is 21.0. The van der Waals surface area contributed by atoms with Crippen LogP contribution in [0.4, 0.5) is 0 Å². The molecule has 11 heteroatoms. The summed E-state index contributed by atoms with van der Waals surface area (Å²) in [6.07, 6.45) is 2.02. The van der Waals surface area contributed by atoms with Crippen LogP contribution in [0.5, 0.6) is 0 Å². The van der Waals surface area contributed by atoms with Gasteiger partial charge in [0.1, 0.15) is 10.9 Å². The first-order valence-corrected chi connectivity index (χ1v) is 12.9. The summed E-state index contributed by atoms with van der Waals surface area (Å²) in [5.74, 6) is -0.619. The van der Waals surface area contributed by atoms with Crippen molar-refractivity contribution < 1.29 is 22.4 Å². The summed E-state index contributed by atoms with van der Waals surface area (Å²) in [6, 6.07) is 6.13. The van der Waals surface area contributed by atoms with Crippen LogP contribution in [0.2, 0.25) is 10.0 Å². The van der Waals surface area contributed by atoms with Crippen molar-refractivity contribution in [1.82, 2.24) is 14.5 Å². The highest BCUT2D eigenvalue weighted by Crippen LogP contribution is 2.26. The Labute approximate surface area is 203 Å². The summed E-state index contributed by atoms with van der Waals surface area (Å²) in [5.41, 5.74) is 0. The Morgan fingerprint density at radius 2 is 1.97 bits per heavy atom. The summed E-state index contributed by atoms with van der Waals surface area (Å²) in [4.78, 5) is 29.1. The number of hydrogen-bond acceptors (Lipinski definition) is 5. The number of carbonyl (C=O) groups excluding carboxylic acids is 2. The van der Waals surface area contributed by atoms with Gasteiger partial charge in [0, 0.05) is 30.7 Å². The lowest BCUT2D eigenvalue weighted by Crippen LogP contribution is -2.60. The van der Waals surface area contributed by atoms with E-state index in [2.05, 4.69) is 4.72 Å². The van der Waals surface area contributed by atoms with Crippen molar-refractivity contribution in [2.75, 3.05) is 19.6 Å². The Morgan fingerprint density at radius 1 is 1.24 bits per heavy atom. The summed E-state index contributed by atoms with van der Waals surface area (Å²) in [5, 5.41) is 0.235. The van der Waals surface area contributed by atoms with Gasteiger partial charge in [-0.2, -0.15) is 4.72 Å². The number of amides is 2. The Kier molecular flexibility index (Phi) is 8.10. The van der Waals surface area contributed by atoms with E-state index in [4.69, 9.17) is 27.6 Å². The van der Waals surface area contributed by atoms with Gasteiger partial charge in [0.05, 0.1) is 11.3 Å². The lowest BCUT2D eigenvalue weighted by molar-refractivity contribution is -0.136. The van der Waals surface area contributed by atoms with E-state index in [-0.39, 0.29) is 57.6 Å². The molecular formula is C22H27Cl2N3O5S. The molecule has 0 bridgehead atoms. The van der Waals surface area contributed by atoms with Gasteiger partial charge in [-0.05, 0) is 43.2 Å². The van der Waals surface area contributed by atoms with Crippen molar-refractivity contribution in [2.45, 2.75) is 44.2 Å². The molecule has 33 heavy (non-hydrogen) atoms. The number of halogens is 2. The predicted octanol–water partition coefficient (Wildman–Crippen LogP) is 3.65. The third-order valence-electron chi connectivity index (χ3n) is 5.88. The molecule has 0 radical (unpaired) electrons. The quantitative estimate of drug-likeness (QED) is 0.606. The van der Waals surface area contributed by atoms with Crippen molar-refractivity contribution >= 4 is 45.0 Å². The second kappa shape index (κ2) is 10.5. The van der Waals surface area contributed by atoms with Crippen molar-refractivity contribution in [3.05, 3.63) is 52.4 Å². The summed E-state index contributed by atoms with van der Waals surface area (Å²) >= 11 is 12.1. The molecule has 1 aliphatic heterocycles. The Bertz CT molecular complexity index is 1110. The average molecular weight is 516 g/mol. The van der Waals surface area contributed by atoms with Gasteiger partial charge in [0.2, 0.25) is 15.9 Å². The van der Waals surface area contributed by atoms with E-state index in [1.807, 2.05) is 20.8 Å². The van der Waals surface area contributed by atoms with E-state index in [0.717, 1.165) is 0 Å². The van der Waals surface area contributed by atoms with Crippen molar-refractivity contribution in [3.63, 3.8) is 0 Å². The summed E-state index contributed by atoms with van der Waals surface area (Å²) in [7, 11) is -4.11. The van der Waals surface area contributed by atoms with Gasteiger partial charge in [-0.1, -0.05) is 43.5 Å². The van der Waals surface area contributed by atoms with Crippen LogP contribution >= 0.6 is 23.2 Å². The Hall–Kier alpha value is -2.07. The van der Waals surface area contributed by atoms with Crippen LogP contribution in [0.3, 0.4) is 0 Å². The fourth-order valence-electron chi connectivity index (χ4n) is 3.76. The molecule has 3 atom stereocenters. The fraction of sp³-hybridized carbons (Fsp3) is 0.455. The molecule has 8 nitrogen and oxygen atoms in total. The van der Waals surface area contributed by atoms with Crippen molar-refractivity contribution in [2.24, 2.45) is 5.92 Å². The van der Waals surface area contributed by atoms with Gasteiger partial charge in [0.25, 0.3) is 5.91 Å². The highest BCUT2D eigenvalue weighted by Gasteiger charge is 2.37. The van der Waals surface area contributed by atoms with Gasteiger partial charge in [0.15, 0.2) is 5.76 Å². The number of nitrogens with one attached hydrogen (secondary N) is 1. The van der Waals surface area contributed by atoms with Crippen LogP contribution in [0.25, 0.3) is 0 Å². The zero-order valence-electron chi connectivity index (χ0n) is 18.6. The first-order chi connectivity index (χ1) is 15.5. The van der Waals surface area contributed by atoms with E-state index in [9.17, 15) is 18.0 Å². The third-order valence-corrected chi connectivity index (χ3v) is 8.03. The lowest BCUT2D eigenvalue weighted by atomic mass is 9.98. The number of piperazine rings is 1. The molecular weight excluding hydrogens is 489 g/mol. The first kappa shape index (κ1) is 25.6. The molecule has 1 saturated heterocycles. The zero-order chi connectivity index (χ0) is 24.3. The molecule has 180 valence electrons. The maximum absolute atomic E-state index is 13.4. The smallest absolute Gasteiger partial charge is 0.289 e. The average Bonchev–Trinajstić information content (AvgIpc) is 3.32. The third kappa shape index (κ3) is 5.71. The van der Waals surface area contributed by atoms with E-state index in [1.165, 1.54) is 24.5 Å². The van der Waals surface area contributed by atoms with E-state index in [1.54, 1.807) is 21.9 Å². The van der Waals surface area contributed by atoms with E-state index in [0.29, 0.717) is 13.0 Å². The number of sulfonamides is 1. The summed E-state index contributed by atoms with van der Waals surface area (Å²) in [6.45, 7) is 6.40. The van der Waals surface area contributed by atoms with Gasteiger partial charge in [-0.3, -0.25) is 9.59 Å². The van der Waals surface area contributed by atoms with Crippen LogP contribution in [-0.4, -0.2) is 61.7 Å². The molecule has 1 aliphatic rings. The number of furan rings is 1. The molecule has 2 amide bonds.